The number of carbonyl (C=O) groups is 2. The normalized spacial score (nSPS) is 10.9. The Hall–Kier alpha value is -2.04. The Morgan fingerprint density at radius 3 is 1.86 bits per heavy atom. The van der Waals surface area contributed by atoms with E-state index in [2.05, 4.69) is 0 Å². The Labute approximate surface area is 125 Å². The van der Waals surface area contributed by atoms with Gasteiger partial charge in [0, 0.05) is 0 Å². The Morgan fingerprint density at radius 1 is 1.00 bits per heavy atom. The number of rotatable bonds is 7. The molecule has 0 saturated heterocycles. The monoisotopic (exact) mass is 294 g/mol. The van der Waals surface area contributed by atoms with Crippen LogP contribution in [-0.2, 0) is 25.5 Å². The van der Waals surface area contributed by atoms with E-state index in [1.54, 1.807) is 40.0 Å². The molecular formula is C16H22O5. The molecule has 0 radical (unpaired) electrons. The van der Waals surface area contributed by atoms with E-state index in [1.165, 1.54) is 0 Å². The van der Waals surface area contributed by atoms with E-state index in [0.717, 1.165) is 5.56 Å². The number of methoxy groups -OCH3 is 1. The van der Waals surface area contributed by atoms with Gasteiger partial charge in [0.2, 0.25) is 0 Å². The van der Waals surface area contributed by atoms with Crippen LogP contribution in [0.3, 0.4) is 0 Å². The lowest BCUT2D eigenvalue weighted by Crippen LogP contribution is -2.41. The first-order valence-corrected chi connectivity index (χ1v) is 6.95. The molecule has 0 unspecified atom stereocenters. The molecule has 0 saturated carbocycles. The third kappa shape index (κ3) is 4.21. The van der Waals surface area contributed by atoms with E-state index < -0.39 is 17.4 Å². The minimum atomic E-state index is -1.35. The number of hydrogen-bond donors (Lipinski definition) is 0. The number of ether oxygens (including phenoxy) is 3. The Kier molecular flexibility index (Phi) is 6.21. The molecule has 0 atom stereocenters. The van der Waals surface area contributed by atoms with Gasteiger partial charge in [-0.05, 0) is 44.9 Å². The smallest absolute Gasteiger partial charge is 0.323 e. The van der Waals surface area contributed by atoms with Gasteiger partial charge in [-0.1, -0.05) is 12.1 Å². The molecule has 5 nitrogen and oxygen atoms in total. The van der Waals surface area contributed by atoms with Crippen molar-refractivity contribution in [3.05, 3.63) is 29.8 Å². The van der Waals surface area contributed by atoms with Gasteiger partial charge in [-0.3, -0.25) is 9.59 Å². The zero-order valence-electron chi connectivity index (χ0n) is 13.0. The van der Waals surface area contributed by atoms with Crippen LogP contribution in [0.4, 0.5) is 0 Å². The summed E-state index contributed by atoms with van der Waals surface area (Å²) in [4.78, 5) is 24.3. The molecule has 0 bridgehead atoms. The van der Waals surface area contributed by atoms with Crippen molar-refractivity contribution < 1.29 is 23.8 Å². The lowest BCUT2D eigenvalue weighted by molar-refractivity contribution is -0.170. The molecule has 1 rings (SSSR count). The van der Waals surface area contributed by atoms with Gasteiger partial charge in [0.25, 0.3) is 0 Å². The first-order chi connectivity index (χ1) is 9.97. The average molecular weight is 294 g/mol. The number of carbonyl (C=O) groups excluding carboxylic acids is 2. The molecule has 0 aliphatic carbocycles. The second-order valence-electron chi connectivity index (χ2n) is 4.80. The molecule has 0 spiro atoms. The fourth-order valence-electron chi connectivity index (χ4n) is 1.96. The summed E-state index contributed by atoms with van der Waals surface area (Å²) in [5, 5.41) is 0. The van der Waals surface area contributed by atoms with E-state index in [-0.39, 0.29) is 19.6 Å². The molecule has 1 aromatic carbocycles. The zero-order valence-corrected chi connectivity index (χ0v) is 13.0. The first-order valence-electron chi connectivity index (χ1n) is 6.95. The molecule has 0 aromatic heterocycles. The summed E-state index contributed by atoms with van der Waals surface area (Å²) in [5.41, 5.74) is -0.514. The van der Waals surface area contributed by atoms with Gasteiger partial charge in [-0.15, -0.1) is 0 Å². The minimum Gasteiger partial charge on any atom is -0.497 e. The summed E-state index contributed by atoms with van der Waals surface area (Å²) in [7, 11) is 1.58. The number of esters is 2. The van der Waals surface area contributed by atoms with Gasteiger partial charge >= 0.3 is 11.9 Å². The van der Waals surface area contributed by atoms with Crippen LogP contribution >= 0.6 is 0 Å². The molecule has 5 heteroatoms. The molecule has 0 heterocycles. The topological polar surface area (TPSA) is 61.8 Å². The van der Waals surface area contributed by atoms with Crippen molar-refractivity contribution in [2.24, 2.45) is 5.41 Å². The Bertz CT molecular complexity index is 460. The molecule has 0 aliphatic heterocycles. The highest BCUT2D eigenvalue weighted by Crippen LogP contribution is 2.27. The van der Waals surface area contributed by atoms with Crippen LogP contribution in [0.15, 0.2) is 24.3 Å². The maximum Gasteiger partial charge on any atom is 0.323 e. The molecule has 0 aliphatic rings. The fourth-order valence-corrected chi connectivity index (χ4v) is 1.96. The standard InChI is InChI=1S/C16H22O5/c1-5-20-14(17)16(3,15(18)21-6-2)11-12-7-9-13(19-4)10-8-12/h7-10H,5-6,11H2,1-4H3. The van der Waals surface area contributed by atoms with E-state index in [4.69, 9.17) is 14.2 Å². The lowest BCUT2D eigenvalue weighted by Gasteiger charge is -2.25. The highest BCUT2D eigenvalue weighted by molar-refractivity contribution is 5.99. The minimum absolute atomic E-state index is 0.217. The van der Waals surface area contributed by atoms with Gasteiger partial charge in [-0.25, -0.2) is 0 Å². The van der Waals surface area contributed by atoms with E-state index in [9.17, 15) is 9.59 Å². The first kappa shape index (κ1) is 17.0. The Morgan fingerprint density at radius 2 is 1.48 bits per heavy atom. The van der Waals surface area contributed by atoms with Crippen molar-refractivity contribution in [3.8, 4) is 5.75 Å². The van der Waals surface area contributed by atoms with E-state index in [0.29, 0.717) is 5.75 Å². The highest BCUT2D eigenvalue weighted by Gasteiger charge is 2.44. The highest BCUT2D eigenvalue weighted by atomic mass is 16.6. The molecule has 0 fully saturated rings. The molecule has 21 heavy (non-hydrogen) atoms. The Balaban J connectivity index is 3.00. The second-order valence-corrected chi connectivity index (χ2v) is 4.80. The largest absolute Gasteiger partial charge is 0.497 e. The molecule has 1 aromatic rings. The van der Waals surface area contributed by atoms with Crippen molar-refractivity contribution in [1.82, 2.24) is 0 Å². The third-order valence-corrected chi connectivity index (χ3v) is 3.17. The molecular weight excluding hydrogens is 272 g/mol. The predicted octanol–water partition coefficient (Wildman–Crippen LogP) is 2.37. The summed E-state index contributed by atoms with van der Waals surface area (Å²) < 4.78 is 15.1. The maximum absolute atomic E-state index is 12.2. The quantitative estimate of drug-likeness (QED) is 0.570. The number of hydrogen-bond acceptors (Lipinski definition) is 5. The van der Waals surface area contributed by atoms with Crippen molar-refractivity contribution in [3.63, 3.8) is 0 Å². The maximum atomic E-state index is 12.2. The van der Waals surface area contributed by atoms with E-state index in [1.807, 2.05) is 12.1 Å². The summed E-state index contributed by atoms with van der Waals surface area (Å²) in [6.07, 6.45) is 0.217. The van der Waals surface area contributed by atoms with Gasteiger partial charge in [-0.2, -0.15) is 0 Å². The van der Waals surface area contributed by atoms with Crippen molar-refractivity contribution in [1.29, 1.82) is 0 Å². The van der Waals surface area contributed by atoms with Crippen molar-refractivity contribution in [2.75, 3.05) is 20.3 Å². The van der Waals surface area contributed by atoms with Crippen LogP contribution in [0.5, 0.6) is 5.75 Å². The second kappa shape index (κ2) is 7.67. The zero-order chi connectivity index (χ0) is 15.9. The van der Waals surface area contributed by atoms with Gasteiger partial charge in [0.05, 0.1) is 20.3 Å². The van der Waals surface area contributed by atoms with Gasteiger partial charge < -0.3 is 14.2 Å². The molecule has 0 N–H and O–H groups in total. The van der Waals surface area contributed by atoms with E-state index >= 15 is 0 Å². The van der Waals surface area contributed by atoms with Gasteiger partial charge in [0.15, 0.2) is 5.41 Å². The lowest BCUT2D eigenvalue weighted by atomic mass is 9.83. The summed E-state index contributed by atoms with van der Waals surface area (Å²) in [5.74, 6) is -0.425. The summed E-state index contributed by atoms with van der Waals surface area (Å²) in [6.45, 7) is 5.40. The predicted molar refractivity (Wildman–Crippen MR) is 78.1 cm³/mol. The summed E-state index contributed by atoms with van der Waals surface area (Å²) >= 11 is 0. The number of benzene rings is 1. The van der Waals surface area contributed by atoms with Crippen molar-refractivity contribution in [2.45, 2.75) is 27.2 Å². The van der Waals surface area contributed by atoms with Crippen LogP contribution in [-0.4, -0.2) is 32.3 Å². The van der Waals surface area contributed by atoms with Crippen LogP contribution in [0.2, 0.25) is 0 Å². The molecule has 116 valence electrons. The average Bonchev–Trinajstić information content (AvgIpc) is 2.48. The molecule has 0 amide bonds. The van der Waals surface area contributed by atoms with Crippen LogP contribution < -0.4 is 4.74 Å². The third-order valence-electron chi connectivity index (χ3n) is 3.17. The van der Waals surface area contributed by atoms with Crippen LogP contribution in [0.1, 0.15) is 26.3 Å². The SMILES string of the molecule is CCOC(=O)C(C)(Cc1ccc(OC)cc1)C(=O)OCC. The van der Waals surface area contributed by atoms with Crippen LogP contribution in [0.25, 0.3) is 0 Å². The van der Waals surface area contributed by atoms with Gasteiger partial charge in [0.1, 0.15) is 5.75 Å². The fraction of sp³-hybridized carbons (Fsp3) is 0.500. The van der Waals surface area contributed by atoms with Crippen molar-refractivity contribution >= 4 is 11.9 Å². The summed E-state index contributed by atoms with van der Waals surface area (Å²) in [6, 6.07) is 7.20. The van der Waals surface area contributed by atoms with Crippen LogP contribution in [0, 0.1) is 5.41 Å².